The third-order valence-electron chi connectivity index (χ3n) is 4.58. The standard InChI is InChI=1S/C21H21NO5S/c1-26-20(24)15-8-6-14(7-9-15)13-27-21(25)16-10-19(23)22(12-16)17-4-3-5-18(11-17)28-2/h3-9,11,16H,10,12-13H2,1-2H3/t16-/m1/s1. The Labute approximate surface area is 167 Å². The highest BCUT2D eigenvalue weighted by atomic mass is 32.2. The van der Waals surface area contributed by atoms with E-state index in [1.165, 1.54) is 7.11 Å². The first-order valence-corrected chi connectivity index (χ1v) is 10.0. The van der Waals surface area contributed by atoms with Crippen LogP contribution in [0.5, 0.6) is 0 Å². The van der Waals surface area contributed by atoms with E-state index in [4.69, 9.17) is 4.74 Å². The van der Waals surface area contributed by atoms with Crippen molar-refractivity contribution in [3.8, 4) is 0 Å². The number of amides is 1. The van der Waals surface area contributed by atoms with E-state index in [2.05, 4.69) is 4.74 Å². The number of carbonyl (C=O) groups excluding carboxylic acids is 3. The summed E-state index contributed by atoms with van der Waals surface area (Å²) in [4.78, 5) is 38.9. The molecule has 0 unspecified atom stereocenters. The topological polar surface area (TPSA) is 72.9 Å². The number of esters is 2. The molecule has 6 nitrogen and oxygen atoms in total. The minimum Gasteiger partial charge on any atom is -0.465 e. The largest absolute Gasteiger partial charge is 0.465 e. The van der Waals surface area contributed by atoms with E-state index in [0.717, 1.165) is 16.1 Å². The molecule has 146 valence electrons. The molecule has 0 bridgehead atoms. The minimum absolute atomic E-state index is 0.0809. The summed E-state index contributed by atoms with van der Waals surface area (Å²) in [7, 11) is 1.32. The van der Waals surface area contributed by atoms with Crippen molar-refractivity contribution in [3.63, 3.8) is 0 Å². The Morgan fingerprint density at radius 1 is 1.18 bits per heavy atom. The average molecular weight is 399 g/mol. The van der Waals surface area contributed by atoms with Crippen molar-refractivity contribution in [1.29, 1.82) is 0 Å². The lowest BCUT2D eigenvalue weighted by molar-refractivity contribution is -0.149. The van der Waals surface area contributed by atoms with Crippen LogP contribution in [0.4, 0.5) is 5.69 Å². The van der Waals surface area contributed by atoms with Crippen LogP contribution in [0.2, 0.25) is 0 Å². The summed E-state index contributed by atoms with van der Waals surface area (Å²) >= 11 is 1.60. The van der Waals surface area contributed by atoms with Crippen molar-refractivity contribution in [2.75, 3.05) is 24.8 Å². The van der Waals surface area contributed by atoms with Crippen LogP contribution in [0, 0.1) is 5.92 Å². The van der Waals surface area contributed by atoms with Crippen molar-refractivity contribution in [1.82, 2.24) is 0 Å². The average Bonchev–Trinajstić information content (AvgIpc) is 3.13. The van der Waals surface area contributed by atoms with Gasteiger partial charge in [-0.1, -0.05) is 18.2 Å². The van der Waals surface area contributed by atoms with Crippen LogP contribution >= 0.6 is 11.8 Å². The highest BCUT2D eigenvalue weighted by molar-refractivity contribution is 7.98. The quantitative estimate of drug-likeness (QED) is 0.548. The normalized spacial score (nSPS) is 16.1. The van der Waals surface area contributed by atoms with Crippen molar-refractivity contribution in [2.24, 2.45) is 5.92 Å². The number of hydrogen-bond acceptors (Lipinski definition) is 6. The maximum absolute atomic E-state index is 12.4. The van der Waals surface area contributed by atoms with Crippen LogP contribution in [0.3, 0.4) is 0 Å². The maximum atomic E-state index is 12.4. The van der Waals surface area contributed by atoms with Crippen molar-refractivity contribution in [2.45, 2.75) is 17.9 Å². The Kier molecular flexibility index (Phi) is 6.36. The van der Waals surface area contributed by atoms with Gasteiger partial charge in [0.05, 0.1) is 18.6 Å². The molecular weight excluding hydrogens is 378 g/mol. The fourth-order valence-corrected chi connectivity index (χ4v) is 3.47. The van der Waals surface area contributed by atoms with Gasteiger partial charge in [-0.05, 0) is 42.2 Å². The van der Waals surface area contributed by atoms with Gasteiger partial charge in [-0.2, -0.15) is 0 Å². The Hall–Kier alpha value is -2.80. The summed E-state index contributed by atoms with van der Waals surface area (Å²) in [5.74, 6) is -1.38. The summed E-state index contributed by atoms with van der Waals surface area (Å²) in [5.41, 5.74) is 1.99. The molecule has 7 heteroatoms. The van der Waals surface area contributed by atoms with Crippen molar-refractivity contribution < 1.29 is 23.9 Å². The Bertz CT molecular complexity index is 881. The van der Waals surface area contributed by atoms with Gasteiger partial charge in [0.25, 0.3) is 0 Å². The van der Waals surface area contributed by atoms with E-state index in [9.17, 15) is 14.4 Å². The predicted molar refractivity (Wildman–Crippen MR) is 106 cm³/mol. The van der Waals surface area contributed by atoms with Crippen LogP contribution in [-0.4, -0.2) is 37.8 Å². The second-order valence-corrected chi connectivity index (χ2v) is 7.28. The lowest BCUT2D eigenvalue weighted by Crippen LogP contribution is -2.26. The molecule has 1 aliphatic rings. The van der Waals surface area contributed by atoms with Crippen LogP contribution < -0.4 is 4.90 Å². The molecule has 0 N–H and O–H groups in total. The first-order chi connectivity index (χ1) is 13.5. The van der Waals surface area contributed by atoms with E-state index in [-0.39, 0.29) is 18.9 Å². The fraction of sp³-hybridized carbons (Fsp3) is 0.286. The smallest absolute Gasteiger partial charge is 0.337 e. The van der Waals surface area contributed by atoms with Crippen LogP contribution in [0.25, 0.3) is 0 Å². The molecule has 1 heterocycles. The third kappa shape index (κ3) is 4.54. The first-order valence-electron chi connectivity index (χ1n) is 8.80. The fourth-order valence-electron chi connectivity index (χ4n) is 3.02. The van der Waals surface area contributed by atoms with Gasteiger partial charge >= 0.3 is 11.9 Å². The van der Waals surface area contributed by atoms with Gasteiger partial charge in [0, 0.05) is 23.5 Å². The molecule has 1 saturated heterocycles. The Balaban J connectivity index is 1.58. The molecule has 0 saturated carbocycles. The van der Waals surface area contributed by atoms with Crippen LogP contribution in [-0.2, 0) is 25.7 Å². The number of carbonyl (C=O) groups is 3. The summed E-state index contributed by atoms with van der Waals surface area (Å²) in [5, 5.41) is 0. The van der Waals surface area contributed by atoms with E-state index in [1.807, 2.05) is 30.5 Å². The lowest BCUT2D eigenvalue weighted by Gasteiger charge is -2.17. The van der Waals surface area contributed by atoms with E-state index in [0.29, 0.717) is 12.1 Å². The molecule has 1 aliphatic heterocycles. The van der Waals surface area contributed by atoms with Crippen LogP contribution in [0.15, 0.2) is 53.4 Å². The molecule has 0 radical (unpaired) electrons. The minimum atomic E-state index is -0.486. The molecule has 0 aliphatic carbocycles. The van der Waals surface area contributed by atoms with Gasteiger partial charge in [0.1, 0.15) is 6.61 Å². The molecule has 1 fully saturated rings. The molecule has 2 aromatic carbocycles. The zero-order chi connectivity index (χ0) is 20.1. The Morgan fingerprint density at radius 2 is 1.93 bits per heavy atom. The van der Waals surface area contributed by atoms with Gasteiger partial charge in [-0.25, -0.2) is 4.79 Å². The number of hydrogen-bond donors (Lipinski definition) is 0. The maximum Gasteiger partial charge on any atom is 0.337 e. The number of methoxy groups -OCH3 is 1. The number of nitrogens with zero attached hydrogens (tertiary/aromatic N) is 1. The van der Waals surface area contributed by atoms with Gasteiger partial charge in [0.2, 0.25) is 5.91 Å². The molecule has 1 atom stereocenters. The second-order valence-electron chi connectivity index (χ2n) is 6.40. The van der Waals surface area contributed by atoms with Gasteiger partial charge < -0.3 is 14.4 Å². The number of benzene rings is 2. The Morgan fingerprint density at radius 3 is 2.61 bits per heavy atom. The zero-order valence-electron chi connectivity index (χ0n) is 15.7. The van der Waals surface area contributed by atoms with E-state index >= 15 is 0 Å². The number of thioether (sulfide) groups is 1. The summed E-state index contributed by atoms with van der Waals surface area (Å²) in [6.45, 7) is 0.406. The summed E-state index contributed by atoms with van der Waals surface area (Å²) < 4.78 is 10.0. The molecule has 28 heavy (non-hydrogen) atoms. The molecule has 3 rings (SSSR count). The van der Waals surface area contributed by atoms with Gasteiger partial charge in [-0.3, -0.25) is 9.59 Å². The number of rotatable bonds is 6. The van der Waals surface area contributed by atoms with Crippen LogP contribution in [0.1, 0.15) is 22.3 Å². The third-order valence-corrected chi connectivity index (χ3v) is 5.30. The SMILES string of the molecule is COC(=O)c1ccc(COC(=O)[C@@H]2CC(=O)N(c3cccc(SC)c3)C2)cc1. The lowest BCUT2D eigenvalue weighted by atomic mass is 10.1. The first kappa shape index (κ1) is 19.9. The summed E-state index contributed by atoms with van der Waals surface area (Å²) in [6.07, 6.45) is 2.12. The van der Waals surface area contributed by atoms with Crippen molar-refractivity contribution in [3.05, 3.63) is 59.7 Å². The zero-order valence-corrected chi connectivity index (χ0v) is 16.5. The van der Waals surface area contributed by atoms with E-state index in [1.54, 1.807) is 40.9 Å². The highest BCUT2D eigenvalue weighted by Crippen LogP contribution is 2.28. The number of anilines is 1. The molecular formula is C21H21NO5S. The van der Waals surface area contributed by atoms with Crippen molar-refractivity contribution >= 4 is 35.3 Å². The molecule has 2 aromatic rings. The van der Waals surface area contributed by atoms with Gasteiger partial charge in [-0.15, -0.1) is 11.8 Å². The second kappa shape index (κ2) is 8.93. The molecule has 0 spiro atoms. The predicted octanol–water partition coefficient (Wildman–Crippen LogP) is 3.29. The molecule has 1 amide bonds. The van der Waals surface area contributed by atoms with E-state index < -0.39 is 17.9 Å². The molecule has 0 aromatic heterocycles. The highest BCUT2D eigenvalue weighted by Gasteiger charge is 2.36. The van der Waals surface area contributed by atoms with Gasteiger partial charge in [0.15, 0.2) is 0 Å². The summed E-state index contributed by atoms with van der Waals surface area (Å²) in [6, 6.07) is 14.3. The monoisotopic (exact) mass is 399 g/mol. The number of ether oxygens (including phenoxy) is 2.